The van der Waals surface area contributed by atoms with Crippen LogP contribution < -0.4 is 4.74 Å². The third-order valence-electron chi connectivity index (χ3n) is 6.17. The molecule has 2 heterocycles. The Morgan fingerprint density at radius 1 is 1.19 bits per heavy atom. The fourth-order valence-electron chi connectivity index (χ4n) is 4.44. The Bertz CT molecular complexity index is 1120. The predicted octanol–water partition coefficient (Wildman–Crippen LogP) is 3.59. The molecule has 1 aromatic heterocycles. The molecule has 1 atom stereocenters. The van der Waals surface area contributed by atoms with Gasteiger partial charge in [-0.1, -0.05) is 12.1 Å². The Morgan fingerprint density at radius 2 is 1.94 bits per heavy atom. The quantitative estimate of drug-likeness (QED) is 0.658. The molecule has 1 aliphatic heterocycles. The number of aryl methyl sites for hydroxylation is 1. The minimum Gasteiger partial charge on any atom is -0.496 e. The van der Waals surface area contributed by atoms with Crippen LogP contribution >= 0.6 is 0 Å². The van der Waals surface area contributed by atoms with Crippen molar-refractivity contribution in [2.45, 2.75) is 26.4 Å². The molecule has 1 aliphatic rings. The molecule has 0 unspecified atom stereocenters. The Hall–Kier alpha value is -3.32. The van der Waals surface area contributed by atoms with E-state index < -0.39 is 5.97 Å². The van der Waals surface area contributed by atoms with Gasteiger partial charge in [0.15, 0.2) is 0 Å². The second kappa shape index (κ2) is 8.43. The number of aromatic amines is 1. The van der Waals surface area contributed by atoms with Crippen molar-refractivity contribution in [2.24, 2.45) is 0 Å². The average molecular weight is 421 g/mol. The van der Waals surface area contributed by atoms with Crippen LogP contribution in [0.4, 0.5) is 0 Å². The van der Waals surface area contributed by atoms with Gasteiger partial charge in [-0.2, -0.15) is 0 Å². The van der Waals surface area contributed by atoms with Crippen LogP contribution in [0.5, 0.6) is 5.75 Å². The summed E-state index contributed by atoms with van der Waals surface area (Å²) in [6.07, 6.45) is 1.94. The number of aromatic carboxylic acids is 1. The van der Waals surface area contributed by atoms with Crippen LogP contribution in [0.2, 0.25) is 0 Å². The molecule has 1 amide bonds. The van der Waals surface area contributed by atoms with Crippen molar-refractivity contribution in [2.75, 3.05) is 26.7 Å². The van der Waals surface area contributed by atoms with Gasteiger partial charge in [0.1, 0.15) is 5.75 Å². The summed E-state index contributed by atoms with van der Waals surface area (Å²) < 4.78 is 5.72. The monoisotopic (exact) mass is 421 g/mol. The first-order valence-corrected chi connectivity index (χ1v) is 10.4. The topological polar surface area (TPSA) is 85.9 Å². The summed E-state index contributed by atoms with van der Waals surface area (Å²) in [6.45, 7) is 6.24. The molecule has 2 aromatic carbocycles. The summed E-state index contributed by atoms with van der Waals surface area (Å²) in [5, 5.41) is 10.4. The van der Waals surface area contributed by atoms with Crippen LogP contribution in [-0.4, -0.2) is 58.5 Å². The van der Waals surface area contributed by atoms with E-state index in [9.17, 15) is 14.7 Å². The maximum atomic E-state index is 12.1. The van der Waals surface area contributed by atoms with E-state index >= 15 is 0 Å². The molecule has 31 heavy (non-hydrogen) atoms. The number of fused-ring (bicyclic) bond motifs is 1. The molecular formula is C24H27N3O4. The van der Waals surface area contributed by atoms with Gasteiger partial charge in [-0.25, -0.2) is 4.79 Å². The molecule has 7 nitrogen and oxygen atoms in total. The van der Waals surface area contributed by atoms with Crippen molar-refractivity contribution >= 4 is 22.8 Å². The van der Waals surface area contributed by atoms with Gasteiger partial charge in [0.2, 0.25) is 5.91 Å². The van der Waals surface area contributed by atoms with Gasteiger partial charge in [-0.05, 0) is 42.3 Å². The van der Waals surface area contributed by atoms with E-state index in [0.717, 1.165) is 33.3 Å². The number of benzene rings is 2. The highest BCUT2D eigenvalue weighted by molar-refractivity contribution is 5.88. The maximum Gasteiger partial charge on any atom is 0.335 e. The van der Waals surface area contributed by atoms with Crippen LogP contribution in [0.3, 0.4) is 0 Å². The van der Waals surface area contributed by atoms with Gasteiger partial charge >= 0.3 is 5.97 Å². The zero-order valence-corrected chi connectivity index (χ0v) is 18.0. The molecule has 162 valence electrons. The lowest BCUT2D eigenvalue weighted by Crippen LogP contribution is -2.49. The summed E-state index contributed by atoms with van der Waals surface area (Å²) in [5.74, 6) is -0.0528. The van der Waals surface area contributed by atoms with Crippen molar-refractivity contribution in [3.63, 3.8) is 0 Å². The molecule has 7 heteroatoms. The van der Waals surface area contributed by atoms with Crippen molar-refractivity contribution < 1.29 is 19.4 Å². The number of hydrogen-bond donors (Lipinski definition) is 2. The van der Waals surface area contributed by atoms with Gasteiger partial charge in [-0.15, -0.1) is 0 Å². The minimum absolute atomic E-state index is 0.0412. The number of hydrogen-bond acceptors (Lipinski definition) is 4. The van der Waals surface area contributed by atoms with Gasteiger partial charge in [0, 0.05) is 55.8 Å². The Kier molecular flexibility index (Phi) is 5.69. The standard InChI is InChI=1S/C24H27N3O4/c1-15-12-22(31-3)20(19-8-9-25-23(15)19)13-27-11-10-26(16(2)28)14-21(27)17-4-6-18(7-5-17)24(29)30/h4-9,12,21,25H,10-11,13-14H2,1-3H3,(H,29,30)/t21-/m0/s1. The fraction of sp³-hybridized carbons (Fsp3) is 0.333. The molecule has 4 rings (SSSR count). The number of carboxylic acid groups (broad SMARTS) is 1. The molecule has 3 aromatic rings. The number of aromatic nitrogens is 1. The molecule has 0 radical (unpaired) electrons. The average Bonchev–Trinajstić information content (AvgIpc) is 3.26. The number of nitrogens with one attached hydrogen (secondary N) is 1. The number of ether oxygens (including phenoxy) is 1. The Balaban J connectivity index is 1.71. The first-order chi connectivity index (χ1) is 14.9. The number of rotatable bonds is 5. The lowest BCUT2D eigenvalue weighted by Gasteiger charge is -2.41. The van der Waals surface area contributed by atoms with Crippen molar-refractivity contribution in [1.82, 2.24) is 14.8 Å². The molecule has 2 N–H and O–H groups in total. The number of carbonyl (C=O) groups excluding carboxylic acids is 1. The SMILES string of the molecule is COc1cc(C)c2[nH]ccc2c1CN1CCN(C(C)=O)C[C@H]1c1ccc(C(=O)O)cc1. The first kappa shape index (κ1) is 20.9. The van der Waals surface area contributed by atoms with E-state index in [1.54, 1.807) is 26.2 Å². The highest BCUT2D eigenvalue weighted by Gasteiger charge is 2.30. The largest absolute Gasteiger partial charge is 0.496 e. The summed E-state index contributed by atoms with van der Waals surface area (Å²) in [5.41, 5.74) is 4.58. The van der Waals surface area contributed by atoms with Crippen LogP contribution in [0.15, 0.2) is 42.6 Å². The number of nitrogens with zero attached hydrogens (tertiary/aromatic N) is 2. The molecule has 0 aliphatic carbocycles. The third kappa shape index (κ3) is 4.01. The fourth-order valence-corrected chi connectivity index (χ4v) is 4.44. The van der Waals surface area contributed by atoms with Gasteiger partial charge in [0.05, 0.1) is 18.7 Å². The number of piperazine rings is 1. The molecule has 1 saturated heterocycles. The zero-order chi connectivity index (χ0) is 22.1. The number of methoxy groups -OCH3 is 1. The first-order valence-electron chi connectivity index (χ1n) is 10.4. The number of carboxylic acids is 1. The number of H-pyrrole nitrogens is 1. The Morgan fingerprint density at radius 3 is 2.58 bits per heavy atom. The van der Waals surface area contributed by atoms with Crippen molar-refractivity contribution in [3.05, 3.63) is 64.8 Å². The van der Waals surface area contributed by atoms with E-state index in [2.05, 4.69) is 28.9 Å². The third-order valence-corrected chi connectivity index (χ3v) is 6.17. The Labute approximate surface area is 181 Å². The lowest BCUT2D eigenvalue weighted by molar-refractivity contribution is -0.132. The van der Waals surface area contributed by atoms with Crippen LogP contribution in [0.1, 0.15) is 40.0 Å². The van der Waals surface area contributed by atoms with Gasteiger partial charge < -0.3 is 19.7 Å². The van der Waals surface area contributed by atoms with E-state index in [1.807, 2.05) is 23.2 Å². The highest BCUT2D eigenvalue weighted by atomic mass is 16.5. The second-order valence-electron chi connectivity index (χ2n) is 8.02. The van der Waals surface area contributed by atoms with Gasteiger partial charge in [-0.3, -0.25) is 9.69 Å². The molecule has 0 saturated carbocycles. The lowest BCUT2D eigenvalue weighted by atomic mass is 9.98. The van der Waals surface area contributed by atoms with Crippen molar-refractivity contribution in [3.8, 4) is 5.75 Å². The summed E-state index contributed by atoms with van der Waals surface area (Å²) in [4.78, 5) is 30.8. The molecular weight excluding hydrogens is 394 g/mol. The number of carbonyl (C=O) groups is 2. The second-order valence-corrected chi connectivity index (χ2v) is 8.02. The molecule has 0 bridgehead atoms. The summed E-state index contributed by atoms with van der Waals surface area (Å²) >= 11 is 0. The van der Waals surface area contributed by atoms with E-state index in [4.69, 9.17) is 4.74 Å². The summed E-state index contributed by atoms with van der Waals surface area (Å²) in [7, 11) is 1.69. The van der Waals surface area contributed by atoms with E-state index in [-0.39, 0.29) is 17.5 Å². The van der Waals surface area contributed by atoms with Crippen LogP contribution in [0.25, 0.3) is 10.9 Å². The van der Waals surface area contributed by atoms with Crippen LogP contribution in [0, 0.1) is 6.92 Å². The summed E-state index contributed by atoms with van der Waals surface area (Å²) in [6, 6.07) is 11.0. The van der Waals surface area contributed by atoms with Gasteiger partial charge in [0.25, 0.3) is 0 Å². The normalized spacial score (nSPS) is 17.1. The maximum absolute atomic E-state index is 12.1. The molecule has 1 fully saturated rings. The molecule has 0 spiro atoms. The zero-order valence-electron chi connectivity index (χ0n) is 18.0. The van der Waals surface area contributed by atoms with Crippen LogP contribution in [-0.2, 0) is 11.3 Å². The number of amides is 1. The van der Waals surface area contributed by atoms with E-state index in [1.165, 1.54) is 0 Å². The predicted molar refractivity (Wildman–Crippen MR) is 118 cm³/mol. The smallest absolute Gasteiger partial charge is 0.335 e. The van der Waals surface area contributed by atoms with E-state index in [0.29, 0.717) is 26.2 Å². The van der Waals surface area contributed by atoms with Crippen molar-refractivity contribution in [1.29, 1.82) is 0 Å². The minimum atomic E-state index is -0.948. The highest BCUT2D eigenvalue weighted by Crippen LogP contribution is 2.35.